The molecule has 0 fully saturated rings. The predicted octanol–water partition coefficient (Wildman–Crippen LogP) is 4.04. The molecule has 0 spiro atoms. The molecule has 2 aromatic carbocycles. The third-order valence-corrected chi connectivity index (χ3v) is 3.47. The molecule has 0 radical (unpaired) electrons. The fourth-order valence-electron chi connectivity index (χ4n) is 2.09. The summed E-state index contributed by atoms with van der Waals surface area (Å²) in [6, 6.07) is 19.3. The van der Waals surface area contributed by atoms with Crippen molar-refractivity contribution in [3.63, 3.8) is 0 Å². The second-order valence-corrected chi connectivity index (χ2v) is 5.82. The van der Waals surface area contributed by atoms with E-state index in [0.717, 1.165) is 11.1 Å². The summed E-state index contributed by atoms with van der Waals surface area (Å²) < 4.78 is 10.2. The lowest BCUT2D eigenvalue weighted by molar-refractivity contribution is -0.124. The normalized spacial score (nSPS) is 11.4. The zero-order valence-corrected chi connectivity index (χ0v) is 12.6. The van der Waals surface area contributed by atoms with Crippen molar-refractivity contribution in [2.75, 3.05) is 6.54 Å². The van der Waals surface area contributed by atoms with Crippen molar-refractivity contribution < 1.29 is 9.18 Å². The maximum Gasteiger partial charge on any atom is 0.335 e. The van der Waals surface area contributed by atoms with Gasteiger partial charge in [-0.1, -0.05) is 83.9 Å². The van der Waals surface area contributed by atoms with Crippen LogP contribution in [0.15, 0.2) is 60.7 Å². The molecule has 2 rings (SSSR count). The topological polar surface area (TPSA) is 29.1 Å². The predicted molar refractivity (Wildman–Crippen MR) is 83.3 cm³/mol. The molecule has 0 atom stereocenters. The highest BCUT2D eigenvalue weighted by molar-refractivity contribution is 6.56. The number of hydrogen-bond donors (Lipinski definition) is 1. The van der Waals surface area contributed by atoms with E-state index in [-0.39, 0.29) is 12.5 Å². The number of amides is 1. The van der Waals surface area contributed by atoms with Crippen LogP contribution in [-0.4, -0.2) is 17.0 Å². The molecular formula is C16H14Cl2FNO. The standard InChI is InChI=1S/C16H14Cl2FNO/c17-16(18,19)15(21)20-11-14(12-7-3-1-4-8-12)13-9-5-2-6-10-13/h1-10,14H,11H2,(H,20,21). The first-order chi connectivity index (χ1) is 9.98. The van der Waals surface area contributed by atoms with Gasteiger partial charge >= 0.3 is 4.59 Å². The Morgan fingerprint density at radius 3 is 1.81 bits per heavy atom. The van der Waals surface area contributed by atoms with Crippen LogP contribution in [0, 0.1) is 0 Å². The molecule has 0 aliphatic heterocycles. The number of halogens is 3. The Balaban J connectivity index is 2.20. The molecule has 2 aromatic rings. The summed E-state index contributed by atoms with van der Waals surface area (Å²) in [4.78, 5) is 11.5. The summed E-state index contributed by atoms with van der Waals surface area (Å²) >= 11 is 10.3. The highest BCUT2D eigenvalue weighted by atomic mass is 35.5. The zero-order valence-electron chi connectivity index (χ0n) is 11.1. The summed E-state index contributed by atoms with van der Waals surface area (Å²) in [6.07, 6.45) is 0. The van der Waals surface area contributed by atoms with E-state index in [2.05, 4.69) is 5.32 Å². The van der Waals surface area contributed by atoms with Gasteiger partial charge < -0.3 is 5.32 Å². The smallest absolute Gasteiger partial charge is 0.335 e. The lowest BCUT2D eigenvalue weighted by atomic mass is 9.91. The number of nitrogens with one attached hydrogen (secondary N) is 1. The van der Waals surface area contributed by atoms with Gasteiger partial charge in [0.2, 0.25) is 0 Å². The van der Waals surface area contributed by atoms with E-state index in [0.29, 0.717) is 0 Å². The molecular weight excluding hydrogens is 312 g/mol. The van der Waals surface area contributed by atoms with Gasteiger partial charge in [0.25, 0.3) is 5.91 Å². The van der Waals surface area contributed by atoms with Gasteiger partial charge in [-0.25, -0.2) is 0 Å². The average Bonchev–Trinajstić information content (AvgIpc) is 2.48. The van der Waals surface area contributed by atoms with Crippen molar-refractivity contribution in [1.29, 1.82) is 0 Å². The summed E-state index contributed by atoms with van der Waals surface area (Å²) in [6.45, 7) is 0.206. The molecule has 1 amide bonds. The zero-order chi connectivity index (χ0) is 15.3. The van der Waals surface area contributed by atoms with Crippen molar-refractivity contribution in [2.24, 2.45) is 0 Å². The van der Waals surface area contributed by atoms with Crippen molar-refractivity contribution in [2.45, 2.75) is 10.5 Å². The van der Waals surface area contributed by atoms with E-state index in [4.69, 9.17) is 23.2 Å². The molecule has 5 heteroatoms. The number of alkyl halides is 3. The number of benzene rings is 2. The lowest BCUT2D eigenvalue weighted by Gasteiger charge is -2.20. The molecule has 2 nitrogen and oxygen atoms in total. The Bertz CT molecular complexity index is 545. The van der Waals surface area contributed by atoms with Gasteiger partial charge in [-0.05, 0) is 11.1 Å². The molecule has 0 aromatic heterocycles. The molecule has 1 N–H and O–H groups in total. The van der Waals surface area contributed by atoms with Gasteiger partial charge in [0.1, 0.15) is 0 Å². The van der Waals surface area contributed by atoms with Crippen LogP contribution in [0.5, 0.6) is 0 Å². The molecule has 0 unspecified atom stereocenters. The first-order valence-corrected chi connectivity index (χ1v) is 7.19. The average molecular weight is 326 g/mol. The largest absolute Gasteiger partial charge is 0.350 e. The van der Waals surface area contributed by atoms with Crippen LogP contribution < -0.4 is 5.32 Å². The first-order valence-electron chi connectivity index (χ1n) is 6.43. The van der Waals surface area contributed by atoms with Gasteiger partial charge in [0.05, 0.1) is 0 Å². The first kappa shape index (κ1) is 15.8. The molecule has 0 heterocycles. The van der Waals surface area contributed by atoms with Crippen LogP contribution >= 0.6 is 23.2 Å². The maximum absolute atomic E-state index is 13.2. The van der Waals surface area contributed by atoms with Gasteiger partial charge in [0, 0.05) is 12.5 Å². The van der Waals surface area contributed by atoms with Crippen LogP contribution in [0.25, 0.3) is 0 Å². The fraction of sp³-hybridized carbons (Fsp3) is 0.188. The third-order valence-electron chi connectivity index (χ3n) is 3.13. The van der Waals surface area contributed by atoms with Crippen molar-refractivity contribution >= 4 is 29.1 Å². The molecule has 21 heavy (non-hydrogen) atoms. The maximum atomic E-state index is 13.2. The number of hydrogen-bond acceptors (Lipinski definition) is 1. The Morgan fingerprint density at radius 2 is 1.43 bits per heavy atom. The molecule has 0 aliphatic carbocycles. The lowest BCUT2D eigenvalue weighted by Crippen LogP contribution is -2.37. The molecule has 0 bridgehead atoms. The van der Waals surface area contributed by atoms with Gasteiger partial charge in [-0.3, -0.25) is 4.79 Å². The number of carbonyl (C=O) groups is 1. The van der Waals surface area contributed by atoms with Crippen LogP contribution in [0.3, 0.4) is 0 Å². The van der Waals surface area contributed by atoms with Crippen LogP contribution in [0.4, 0.5) is 4.39 Å². The number of rotatable bonds is 5. The van der Waals surface area contributed by atoms with E-state index in [9.17, 15) is 9.18 Å². The van der Waals surface area contributed by atoms with Crippen LogP contribution in [0.2, 0.25) is 0 Å². The highest BCUT2D eigenvalue weighted by Crippen LogP contribution is 2.26. The van der Waals surface area contributed by atoms with Crippen molar-refractivity contribution in [3.8, 4) is 0 Å². The van der Waals surface area contributed by atoms with Crippen LogP contribution in [0.1, 0.15) is 17.0 Å². The second kappa shape index (κ2) is 6.92. The summed E-state index contributed by atoms with van der Waals surface area (Å²) in [5.74, 6) is -1.16. The van der Waals surface area contributed by atoms with Crippen molar-refractivity contribution in [3.05, 3.63) is 71.8 Å². The summed E-state index contributed by atoms with van der Waals surface area (Å²) in [5.41, 5.74) is 2.02. The van der Waals surface area contributed by atoms with E-state index in [1.165, 1.54) is 0 Å². The summed E-state index contributed by atoms with van der Waals surface area (Å²) in [7, 11) is 0. The highest BCUT2D eigenvalue weighted by Gasteiger charge is 2.33. The Labute approximate surface area is 132 Å². The quantitative estimate of drug-likeness (QED) is 0.826. The molecule has 110 valence electrons. The second-order valence-electron chi connectivity index (χ2n) is 4.58. The molecule has 0 aliphatic rings. The van der Waals surface area contributed by atoms with Crippen molar-refractivity contribution in [1.82, 2.24) is 5.32 Å². The fourth-order valence-corrected chi connectivity index (χ4v) is 2.23. The monoisotopic (exact) mass is 325 g/mol. The van der Waals surface area contributed by atoms with Gasteiger partial charge in [-0.2, -0.15) is 4.39 Å². The van der Waals surface area contributed by atoms with E-state index in [1.807, 2.05) is 60.7 Å². The van der Waals surface area contributed by atoms with Gasteiger partial charge in [0.15, 0.2) is 0 Å². The van der Waals surface area contributed by atoms with E-state index in [1.54, 1.807) is 0 Å². The Hall–Kier alpha value is -1.58. The Kier molecular flexibility index (Phi) is 5.21. The van der Waals surface area contributed by atoms with Gasteiger partial charge in [-0.15, -0.1) is 0 Å². The minimum absolute atomic E-state index is 0.105. The summed E-state index contributed by atoms with van der Waals surface area (Å²) in [5, 5.41) is 2.44. The van der Waals surface area contributed by atoms with Crippen LogP contribution in [-0.2, 0) is 4.79 Å². The van der Waals surface area contributed by atoms with E-state index >= 15 is 0 Å². The SMILES string of the molecule is O=C(NCC(c1ccccc1)c1ccccc1)C(F)(Cl)Cl. The van der Waals surface area contributed by atoms with E-state index < -0.39 is 10.5 Å². The minimum Gasteiger partial charge on any atom is -0.350 e. The Morgan fingerprint density at radius 1 is 1.00 bits per heavy atom. The minimum atomic E-state index is -2.92. The molecule has 0 saturated carbocycles. The third kappa shape index (κ3) is 4.45. The number of carbonyl (C=O) groups excluding carboxylic acids is 1. The molecule has 0 saturated heterocycles.